The summed E-state index contributed by atoms with van der Waals surface area (Å²) in [7, 11) is 1.63. The van der Waals surface area contributed by atoms with Gasteiger partial charge >= 0.3 is 5.97 Å². The average molecular weight is 416 g/mol. The Balaban J connectivity index is 1.74. The number of carbonyl (C=O) groups is 2. The van der Waals surface area contributed by atoms with Crippen LogP contribution in [0.3, 0.4) is 0 Å². The maximum absolute atomic E-state index is 12.1. The number of nitrogens with zero attached hydrogens (tertiary/aromatic N) is 4. The van der Waals surface area contributed by atoms with Crippen molar-refractivity contribution >= 4 is 11.9 Å². The molecule has 0 spiro atoms. The molecule has 8 heteroatoms. The van der Waals surface area contributed by atoms with Crippen molar-refractivity contribution in [2.75, 3.05) is 13.6 Å². The fourth-order valence-corrected chi connectivity index (χ4v) is 3.44. The number of benzene rings is 1. The van der Waals surface area contributed by atoms with Crippen molar-refractivity contribution in [3.63, 3.8) is 0 Å². The second kappa shape index (κ2) is 7.70. The summed E-state index contributed by atoms with van der Waals surface area (Å²) in [4.78, 5) is 29.4. The van der Waals surface area contributed by atoms with Gasteiger partial charge in [0.1, 0.15) is 0 Å². The monoisotopic (exact) mass is 416 g/mol. The highest BCUT2D eigenvalue weighted by Gasteiger charge is 2.42. The summed E-state index contributed by atoms with van der Waals surface area (Å²) in [6, 6.07) is 12.1. The molecule has 0 aliphatic carbocycles. The summed E-state index contributed by atoms with van der Waals surface area (Å²) in [6.45, 7) is 2.32. The van der Waals surface area contributed by atoms with Crippen LogP contribution in [0.4, 0.5) is 0 Å². The van der Waals surface area contributed by atoms with Gasteiger partial charge in [0.05, 0.1) is 11.4 Å². The predicted octanol–water partition coefficient (Wildman–Crippen LogP) is 1.89. The van der Waals surface area contributed by atoms with Crippen molar-refractivity contribution < 1.29 is 19.8 Å². The van der Waals surface area contributed by atoms with Crippen molar-refractivity contribution in [1.29, 1.82) is 0 Å². The Morgan fingerprint density at radius 3 is 2.68 bits per heavy atom. The van der Waals surface area contributed by atoms with Gasteiger partial charge in [0.2, 0.25) is 5.60 Å². The summed E-state index contributed by atoms with van der Waals surface area (Å²) < 4.78 is 1.64. The molecule has 3 heterocycles. The number of likely N-dealkylation sites (N-methyl/N-ethyl adjacent to an activating group) is 1. The van der Waals surface area contributed by atoms with Crippen LogP contribution in [0.5, 0.6) is 0 Å². The van der Waals surface area contributed by atoms with Crippen molar-refractivity contribution in [2.45, 2.75) is 18.9 Å². The Labute approximate surface area is 178 Å². The van der Waals surface area contributed by atoms with Gasteiger partial charge in [-0.2, -0.15) is 5.10 Å². The standard InChI is InChI=1S/C23H20N4O4/c1-15-7-10-24-27(15)18-13-19(25-20(14-18)21(28)29)17-5-3-4-16(12-17)6-8-23(31)9-11-26(2)22(23)30/h3-5,7,10,12-14,31H,9,11H2,1-2H3,(H,28,29)/t23-/m0/s1. The van der Waals surface area contributed by atoms with Crippen LogP contribution in [0.1, 0.15) is 28.2 Å². The van der Waals surface area contributed by atoms with Gasteiger partial charge in [0, 0.05) is 43.0 Å². The number of pyridine rings is 1. The summed E-state index contributed by atoms with van der Waals surface area (Å²) in [6.07, 6.45) is 1.89. The van der Waals surface area contributed by atoms with E-state index in [1.165, 1.54) is 11.0 Å². The van der Waals surface area contributed by atoms with Crippen LogP contribution >= 0.6 is 0 Å². The van der Waals surface area contributed by atoms with Crippen LogP contribution in [0.15, 0.2) is 48.7 Å². The molecule has 1 aromatic carbocycles. The normalized spacial score (nSPS) is 18.0. The van der Waals surface area contributed by atoms with Crippen molar-refractivity contribution in [2.24, 2.45) is 0 Å². The molecular formula is C23H20N4O4. The molecule has 1 amide bonds. The molecule has 1 fully saturated rings. The SMILES string of the molecule is Cc1ccnn1-c1cc(C(=O)O)nc(-c2cccc(C#C[C@]3(O)CCN(C)C3=O)c2)c1. The van der Waals surface area contributed by atoms with E-state index in [1.807, 2.05) is 13.0 Å². The number of rotatable bonds is 3. The lowest BCUT2D eigenvalue weighted by Gasteiger charge is -2.13. The van der Waals surface area contributed by atoms with Crippen LogP contribution in [0.25, 0.3) is 16.9 Å². The average Bonchev–Trinajstić information content (AvgIpc) is 3.31. The molecule has 0 radical (unpaired) electrons. The van der Waals surface area contributed by atoms with Crippen LogP contribution in [0.2, 0.25) is 0 Å². The minimum absolute atomic E-state index is 0.104. The lowest BCUT2D eigenvalue weighted by Crippen LogP contribution is -2.37. The van der Waals surface area contributed by atoms with Gasteiger partial charge in [-0.25, -0.2) is 14.5 Å². The maximum atomic E-state index is 12.1. The number of aliphatic hydroxyl groups is 1. The topological polar surface area (TPSA) is 109 Å². The first-order chi connectivity index (χ1) is 14.8. The van der Waals surface area contributed by atoms with E-state index in [4.69, 9.17) is 0 Å². The minimum atomic E-state index is -1.68. The van der Waals surface area contributed by atoms with Crippen molar-refractivity contribution in [3.8, 4) is 28.8 Å². The Hall–Kier alpha value is -3.96. The smallest absolute Gasteiger partial charge is 0.354 e. The molecule has 31 heavy (non-hydrogen) atoms. The number of aromatic nitrogens is 3. The molecule has 1 saturated heterocycles. The lowest BCUT2D eigenvalue weighted by molar-refractivity contribution is -0.137. The molecular weight excluding hydrogens is 396 g/mol. The van der Waals surface area contributed by atoms with E-state index in [0.29, 0.717) is 29.1 Å². The molecule has 1 atom stereocenters. The van der Waals surface area contributed by atoms with E-state index >= 15 is 0 Å². The number of likely N-dealkylation sites (tertiary alicyclic amines) is 1. The Kier molecular flexibility index (Phi) is 5.05. The number of carboxylic acid groups (broad SMARTS) is 1. The molecule has 8 nitrogen and oxygen atoms in total. The van der Waals surface area contributed by atoms with E-state index < -0.39 is 17.5 Å². The number of aromatic carboxylic acids is 1. The summed E-state index contributed by atoms with van der Waals surface area (Å²) >= 11 is 0. The first kappa shape index (κ1) is 20.3. The molecule has 0 bridgehead atoms. The third kappa shape index (κ3) is 3.91. The quantitative estimate of drug-likeness (QED) is 0.631. The van der Waals surface area contributed by atoms with Crippen molar-refractivity contribution in [3.05, 3.63) is 65.6 Å². The molecule has 0 saturated carbocycles. The molecule has 4 rings (SSSR count). The highest BCUT2D eigenvalue weighted by molar-refractivity contribution is 5.90. The van der Waals surface area contributed by atoms with Crippen molar-refractivity contribution in [1.82, 2.24) is 19.7 Å². The molecule has 1 aliphatic heterocycles. The molecule has 156 valence electrons. The van der Waals surface area contributed by atoms with Gasteiger partial charge < -0.3 is 15.1 Å². The molecule has 1 aliphatic rings. The zero-order valence-electron chi connectivity index (χ0n) is 17.0. The second-order valence-corrected chi connectivity index (χ2v) is 7.45. The maximum Gasteiger partial charge on any atom is 0.354 e. The summed E-state index contributed by atoms with van der Waals surface area (Å²) in [5.41, 5.74) is 1.33. The predicted molar refractivity (Wildman–Crippen MR) is 113 cm³/mol. The van der Waals surface area contributed by atoms with Gasteiger partial charge in [0.15, 0.2) is 5.69 Å². The molecule has 2 aromatic heterocycles. The third-order valence-corrected chi connectivity index (χ3v) is 5.19. The summed E-state index contributed by atoms with van der Waals surface area (Å²) in [5, 5.41) is 24.2. The van der Waals surface area contributed by atoms with Gasteiger partial charge in [-0.15, -0.1) is 0 Å². The Bertz CT molecular complexity index is 1250. The fourth-order valence-electron chi connectivity index (χ4n) is 3.44. The largest absolute Gasteiger partial charge is 0.477 e. The highest BCUT2D eigenvalue weighted by atomic mass is 16.4. The van der Waals surface area contributed by atoms with Crippen LogP contribution in [-0.4, -0.2) is 60.9 Å². The Morgan fingerprint density at radius 1 is 1.23 bits per heavy atom. The zero-order valence-corrected chi connectivity index (χ0v) is 17.0. The van der Waals surface area contributed by atoms with E-state index in [9.17, 15) is 19.8 Å². The number of carboxylic acids is 1. The highest BCUT2D eigenvalue weighted by Crippen LogP contribution is 2.24. The van der Waals surface area contributed by atoms with E-state index in [0.717, 1.165) is 5.69 Å². The third-order valence-electron chi connectivity index (χ3n) is 5.19. The van der Waals surface area contributed by atoms with Gasteiger partial charge in [-0.3, -0.25) is 4.79 Å². The van der Waals surface area contributed by atoms with Gasteiger partial charge in [0.25, 0.3) is 5.91 Å². The minimum Gasteiger partial charge on any atom is -0.477 e. The molecule has 0 unspecified atom stereocenters. The van der Waals surface area contributed by atoms with E-state index in [1.54, 1.807) is 48.3 Å². The second-order valence-electron chi connectivity index (χ2n) is 7.45. The van der Waals surface area contributed by atoms with Crippen LogP contribution in [-0.2, 0) is 4.79 Å². The lowest BCUT2D eigenvalue weighted by atomic mass is 10.0. The van der Waals surface area contributed by atoms with E-state index in [-0.39, 0.29) is 12.1 Å². The van der Waals surface area contributed by atoms with Gasteiger partial charge in [-0.1, -0.05) is 24.0 Å². The first-order valence-corrected chi connectivity index (χ1v) is 9.65. The van der Waals surface area contributed by atoms with Gasteiger partial charge in [-0.05, 0) is 37.3 Å². The Morgan fingerprint density at radius 2 is 2.03 bits per heavy atom. The van der Waals surface area contributed by atoms with Crippen LogP contribution < -0.4 is 0 Å². The van der Waals surface area contributed by atoms with Crippen LogP contribution in [0, 0.1) is 18.8 Å². The summed E-state index contributed by atoms with van der Waals surface area (Å²) in [5.74, 6) is 4.00. The first-order valence-electron chi connectivity index (χ1n) is 9.65. The number of hydrogen-bond acceptors (Lipinski definition) is 5. The fraction of sp³-hybridized carbons (Fsp3) is 0.217. The number of carbonyl (C=O) groups excluding carboxylic acids is 1. The number of amides is 1. The zero-order chi connectivity index (χ0) is 22.2. The number of hydrogen-bond donors (Lipinski definition) is 2. The molecule has 3 aromatic rings. The molecule has 2 N–H and O–H groups in total. The van der Waals surface area contributed by atoms with E-state index in [2.05, 4.69) is 21.9 Å². The number of aryl methyl sites for hydroxylation is 1.